The molecular weight excluding hydrogens is 356 g/mol. The molecule has 3 rings (SSSR count). The lowest BCUT2D eigenvalue weighted by molar-refractivity contribution is -0.385. The molecule has 0 saturated heterocycles. The van der Waals surface area contributed by atoms with Gasteiger partial charge in [-0.3, -0.25) is 20.2 Å². The summed E-state index contributed by atoms with van der Waals surface area (Å²) >= 11 is 1.41. The molecule has 1 saturated carbocycles. The number of aryl methyl sites for hydroxylation is 1. The van der Waals surface area contributed by atoms with Crippen molar-refractivity contribution in [3.8, 4) is 5.75 Å². The van der Waals surface area contributed by atoms with E-state index in [0.29, 0.717) is 22.4 Å². The fourth-order valence-electron chi connectivity index (χ4n) is 3.03. The Bertz CT molecular complexity index is 802. The highest BCUT2D eigenvalue weighted by atomic mass is 32.1. The summed E-state index contributed by atoms with van der Waals surface area (Å²) in [6.07, 6.45) is 5.97. The lowest BCUT2D eigenvalue weighted by atomic mass is 9.90. The fourth-order valence-corrected chi connectivity index (χ4v) is 3.96. The molecule has 0 atom stereocenters. The molecule has 1 heterocycles. The van der Waals surface area contributed by atoms with Gasteiger partial charge in [0.05, 0.1) is 4.92 Å². The Balaban J connectivity index is 1.52. The van der Waals surface area contributed by atoms with Gasteiger partial charge in [0.25, 0.3) is 11.6 Å². The largest absolute Gasteiger partial charge is 0.484 e. The van der Waals surface area contributed by atoms with E-state index in [1.165, 1.54) is 48.8 Å². The summed E-state index contributed by atoms with van der Waals surface area (Å²) in [5.41, 5.74) is 0.500. The smallest absolute Gasteiger partial charge is 0.272 e. The van der Waals surface area contributed by atoms with Crippen LogP contribution in [0.2, 0.25) is 0 Å². The number of ether oxygens (including phenoxy) is 1. The Kier molecular flexibility index (Phi) is 5.77. The van der Waals surface area contributed by atoms with Gasteiger partial charge in [-0.2, -0.15) is 0 Å². The van der Waals surface area contributed by atoms with Gasteiger partial charge in [0.1, 0.15) is 10.8 Å². The Labute approximate surface area is 154 Å². The van der Waals surface area contributed by atoms with Gasteiger partial charge in [-0.05, 0) is 31.9 Å². The quantitative estimate of drug-likeness (QED) is 0.606. The Morgan fingerprint density at radius 3 is 2.81 bits per heavy atom. The molecule has 9 heteroatoms. The average Bonchev–Trinajstić information content (AvgIpc) is 3.09. The normalized spacial score (nSPS) is 14.8. The number of nitrogens with zero attached hydrogens (tertiary/aromatic N) is 3. The SMILES string of the molecule is Cc1cc(OCC(=O)Nc2nnc(C3CCCCC3)s2)ccc1[N+](=O)[O-]. The maximum Gasteiger partial charge on any atom is 0.272 e. The van der Waals surface area contributed by atoms with E-state index in [0.717, 1.165) is 17.8 Å². The predicted molar refractivity (Wildman–Crippen MR) is 97.7 cm³/mol. The molecule has 1 N–H and O–H groups in total. The lowest BCUT2D eigenvalue weighted by Crippen LogP contribution is -2.20. The van der Waals surface area contributed by atoms with Gasteiger partial charge in [0.2, 0.25) is 5.13 Å². The lowest BCUT2D eigenvalue weighted by Gasteiger charge is -2.18. The molecule has 0 bridgehead atoms. The molecule has 26 heavy (non-hydrogen) atoms. The van der Waals surface area contributed by atoms with Crippen LogP contribution >= 0.6 is 11.3 Å². The summed E-state index contributed by atoms with van der Waals surface area (Å²) in [4.78, 5) is 22.4. The van der Waals surface area contributed by atoms with Crippen molar-refractivity contribution >= 4 is 28.1 Å². The molecule has 1 fully saturated rings. The van der Waals surface area contributed by atoms with E-state index >= 15 is 0 Å². The molecule has 1 amide bonds. The van der Waals surface area contributed by atoms with Crippen molar-refractivity contribution < 1.29 is 14.5 Å². The van der Waals surface area contributed by atoms with Crippen molar-refractivity contribution in [3.63, 3.8) is 0 Å². The standard InChI is InChI=1S/C17H20N4O4S/c1-11-9-13(7-8-14(11)21(23)24)25-10-15(22)18-17-20-19-16(26-17)12-5-3-2-4-6-12/h7-9,12H,2-6,10H2,1H3,(H,18,20,22). The zero-order valence-corrected chi connectivity index (χ0v) is 15.3. The van der Waals surface area contributed by atoms with E-state index in [1.54, 1.807) is 6.92 Å². The van der Waals surface area contributed by atoms with Crippen LogP contribution in [0.1, 0.15) is 48.6 Å². The van der Waals surface area contributed by atoms with E-state index in [9.17, 15) is 14.9 Å². The first kappa shape index (κ1) is 18.2. The Hall–Kier alpha value is -2.55. The third-order valence-corrected chi connectivity index (χ3v) is 5.38. The van der Waals surface area contributed by atoms with E-state index in [1.807, 2.05) is 0 Å². The van der Waals surface area contributed by atoms with Gasteiger partial charge in [-0.25, -0.2) is 0 Å². The van der Waals surface area contributed by atoms with Crippen molar-refractivity contribution in [1.29, 1.82) is 0 Å². The summed E-state index contributed by atoms with van der Waals surface area (Å²) in [6.45, 7) is 1.43. The number of anilines is 1. The molecule has 1 aliphatic carbocycles. The summed E-state index contributed by atoms with van der Waals surface area (Å²) in [6, 6.07) is 4.38. The first-order valence-electron chi connectivity index (χ1n) is 8.54. The number of hydrogen-bond acceptors (Lipinski definition) is 7. The number of nitro benzene ring substituents is 1. The van der Waals surface area contributed by atoms with Crippen molar-refractivity contribution in [3.05, 3.63) is 38.9 Å². The molecule has 1 aromatic heterocycles. The van der Waals surface area contributed by atoms with Crippen LogP contribution in [0, 0.1) is 17.0 Å². The van der Waals surface area contributed by atoms with Crippen LogP contribution in [-0.4, -0.2) is 27.6 Å². The molecule has 0 radical (unpaired) electrons. The minimum atomic E-state index is -0.453. The van der Waals surface area contributed by atoms with E-state index in [2.05, 4.69) is 15.5 Å². The minimum Gasteiger partial charge on any atom is -0.484 e. The monoisotopic (exact) mass is 376 g/mol. The number of nitrogens with one attached hydrogen (secondary N) is 1. The summed E-state index contributed by atoms with van der Waals surface area (Å²) < 4.78 is 5.40. The van der Waals surface area contributed by atoms with Gasteiger partial charge in [0.15, 0.2) is 6.61 Å². The van der Waals surface area contributed by atoms with E-state index in [4.69, 9.17) is 4.74 Å². The van der Waals surface area contributed by atoms with Crippen LogP contribution in [0.15, 0.2) is 18.2 Å². The topological polar surface area (TPSA) is 107 Å². The van der Waals surface area contributed by atoms with Crippen LogP contribution in [-0.2, 0) is 4.79 Å². The highest BCUT2D eigenvalue weighted by Crippen LogP contribution is 2.35. The van der Waals surface area contributed by atoms with Crippen molar-refractivity contribution in [2.45, 2.75) is 44.9 Å². The van der Waals surface area contributed by atoms with Crippen LogP contribution in [0.5, 0.6) is 5.75 Å². The molecule has 8 nitrogen and oxygen atoms in total. The molecule has 0 spiro atoms. The molecule has 138 valence electrons. The second-order valence-electron chi connectivity index (χ2n) is 6.32. The zero-order valence-electron chi connectivity index (χ0n) is 14.4. The number of hydrogen-bond donors (Lipinski definition) is 1. The molecule has 1 aromatic carbocycles. The van der Waals surface area contributed by atoms with Crippen molar-refractivity contribution in [2.75, 3.05) is 11.9 Å². The number of carbonyl (C=O) groups excluding carboxylic acids is 1. The zero-order chi connectivity index (χ0) is 18.5. The second kappa shape index (κ2) is 8.22. The first-order valence-corrected chi connectivity index (χ1v) is 9.35. The van der Waals surface area contributed by atoms with Gasteiger partial charge >= 0.3 is 0 Å². The number of benzene rings is 1. The number of carbonyl (C=O) groups is 1. The summed E-state index contributed by atoms with van der Waals surface area (Å²) in [5.74, 6) is 0.516. The van der Waals surface area contributed by atoms with Crippen LogP contribution in [0.25, 0.3) is 0 Å². The maximum atomic E-state index is 12.0. The van der Waals surface area contributed by atoms with Gasteiger partial charge in [-0.1, -0.05) is 30.6 Å². The van der Waals surface area contributed by atoms with E-state index < -0.39 is 4.92 Å². The maximum absolute atomic E-state index is 12.0. The third kappa shape index (κ3) is 4.54. The number of aromatic nitrogens is 2. The fraction of sp³-hybridized carbons (Fsp3) is 0.471. The number of nitro groups is 1. The molecule has 1 aliphatic rings. The number of rotatable bonds is 6. The highest BCUT2D eigenvalue weighted by molar-refractivity contribution is 7.15. The number of amides is 1. The predicted octanol–water partition coefficient (Wildman–Crippen LogP) is 3.82. The Morgan fingerprint density at radius 1 is 1.35 bits per heavy atom. The second-order valence-corrected chi connectivity index (χ2v) is 7.33. The summed E-state index contributed by atoms with van der Waals surface area (Å²) in [7, 11) is 0. The first-order chi connectivity index (χ1) is 12.5. The van der Waals surface area contributed by atoms with Crippen LogP contribution in [0.4, 0.5) is 10.8 Å². The Morgan fingerprint density at radius 2 is 2.12 bits per heavy atom. The molecular formula is C17H20N4O4S. The molecule has 0 aliphatic heterocycles. The van der Waals surface area contributed by atoms with Crippen LogP contribution < -0.4 is 10.1 Å². The molecule has 2 aromatic rings. The van der Waals surface area contributed by atoms with Gasteiger partial charge in [0, 0.05) is 17.5 Å². The van der Waals surface area contributed by atoms with Crippen LogP contribution in [0.3, 0.4) is 0 Å². The van der Waals surface area contributed by atoms with Crippen molar-refractivity contribution in [1.82, 2.24) is 10.2 Å². The van der Waals surface area contributed by atoms with Gasteiger partial charge in [-0.15, -0.1) is 10.2 Å². The minimum absolute atomic E-state index is 0.0194. The summed E-state index contributed by atoms with van der Waals surface area (Å²) in [5, 5.41) is 23.2. The average molecular weight is 376 g/mol. The third-order valence-electron chi connectivity index (χ3n) is 4.38. The van der Waals surface area contributed by atoms with E-state index in [-0.39, 0.29) is 18.2 Å². The van der Waals surface area contributed by atoms with Gasteiger partial charge < -0.3 is 4.74 Å². The van der Waals surface area contributed by atoms with Crippen molar-refractivity contribution in [2.24, 2.45) is 0 Å². The highest BCUT2D eigenvalue weighted by Gasteiger charge is 2.20. The molecule has 0 unspecified atom stereocenters.